The van der Waals surface area contributed by atoms with Crippen molar-refractivity contribution in [3.63, 3.8) is 0 Å². The van der Waals surface area contributed by atoms with Gasteiger partial charge in [0.2, 0.25) is 0 Å². The van der Waals surface area contributed by atoms with Crippen molar-refractivity contribution in [3.8, 4) is 0 Å². The first-order valence-corrected chi connectivity index (χ1v) is 13.7. The molecule has 0 aromatic heterocycles. The summed E-state index contributed by atoms with van der Waals surface area (Å²) in [5.74, 6) is -1.10. The fourth-order valence-corrected chi connectivity index (χ4v) is 6.34. The van der Waals surface area contributed by atoms with Crippen molar-refractivity contribution in [2.24, 2.45) is 17.3 Å². The molecule has 0 spiro atoms. The Morgan fingerprint density at radius 2 is 1.33 bits per heavy atom. The second kappa shape index (κ2) is 10.7. The summed E-state index contributed by atoms with van der Waals surface area (Å²) in [6, 6.07) is 23.0. The molecule has 3 aromatic rings. The zero-order valence-corrected chi connectivity index (χ0v) is 23.3. The van der Waals surface area contributed by atoms with E-state index in [1.54, 1.807) is 12.1 Å². The van der Waals surface area contributed by atoms with E-state index in [1.165, 1.54) is 0 Å². The minimum Gasteiger partial charge on any atom is -0.454 e. The molecule has 0 radical (unpaired) electrons. The van der Waals surface area contributed by atoms with Crippen LogP contribution in [0.1, 0.15) is 62.7 Å². The summed E-state index contributed by atoms with van der Waals surface area (Å²) < 4.78 is 12.8. The smallest absolute Gasteiger partial charge is 0.338 e. The summed E-state index contributed by atoms with van der Waals surface area (Å²) in [7, 11) is 0. The van der Waals surface area contributed by atoms with Crippen LogP contribution in [-0.4, -0.2) is 24.1 Å². The summed E-state index contributed by atoms with van der Waals surface area (Å²) in [6.07, 6.45) is 7.24. The van der Waals surface area contributed by atoms with E-state index in [0.29, 0.717) is 11.1 Å². The van der Waals surface area contributed by atoms with Gasteiger partial charge in [-0.25, -0.2) is 9.59 Å². The largest absolute Gasteiger partial charge is 0.454 e. The number of carbonyl (C=O) groups is 2. The molecule has 2 aliphatic rings. The first kappa shape index (κ1) is 26.7. The molecule has 4 heteroatoms. The summed E-state index contributed by atoms with van der Waals surface area (Å²) in [4.78, 5) is 27.2. The van der Waals surface area contributed by atoms with E-state index in [1.807, 2.05) is 62.4 Å². The van der Waals surface area contributed by atoms with Crippen LogP contribution in [0.15, 0.2) is 97.1 Å². The van der Waals surface area contributed by atoms with Crippen LogP contribution in [0.25, 0.3) is 0 Å². The Labute approximate surface area is 231 Å². The maximum absolute atomic E-state index is 13.6. The Morgan fingerprint density at radius 1 is 0.744 bits per heavy atom. The van der Waals surface area contributed by atoms with Crippen LogP contribution >= 0.6 is 0 Å². The molecule has 0 aliphatic heterocycles. The Bertz CT molecular complexity index is 1450. The van der Waals surface area contributed by atoms with E-state index in [4.69, 9.17) is 9.47 Å². The van der Waals surface area contributed by atoms with Gasteiger partial charge >= 0.3 is 11.9 Å². The minimum absolute atomic E-state index is 0.0443. The van der Waals surface area contributed by atoms with Gasteiger partial charge in [-0.1, -0.05) is 97.8 Å². The number of benzene rings is 3. The summed E-state index contributed by atoms with van der Waals surface area (Å²) in [5.41, 5.74) is 4.83. The van der Waals surface area contributed by atoms with Gasteiger partial charge in [-0.2, -0.15) is 0 Å². The van der Waals surface area contributed by atoms with Crippen molar-refractivity contribution >= 4 is 11.9 Å². The van der Waals surface area contributed by atoms with Crippen LogP contribution in [-0.2, 0) is 9.47 Å². The Balaban J connectivity index is 1.62. The van der Waals surface area contributed by atoms with E-state index < -0.39 is 24.1 Å². The van der Waals surface area contributed by atoms with Crippen molar-refractivity contribution in [2.45, 2.75) is 52.7 Å². The predicted octanol–water partition coefficient (Wildman–Crippen LogP) is 7.54. The fourth-order valence-electron chi connectivity index (χ4n) is 6.34. The molecule has 0 N–H and O–H groups in total. The number of carbonyl (C=O) groups excluding carboxylic acids is 2. The van der Waals surface area contributed by atoms with Gasteiger partial charge in [-0.05, 0) is 67.5 Å². The number of esters is 2. The number of aryl methyl sites for hydroxylation is 3. The normalized spacial score (nSPS) is 27.5. The van der Waals surface area contributed by atoms with E-state index >= 15 is 0 Å². The molecule has 5 rings (SSSR count). The molecule has 0 amide bonds. The zero-order valence-electron chi connectivity index (χ0n) is 23.3. The van der Waals surface area contributed by atoms with Crippen LogP contribution in [0.3, 0.4) is 0 Å². The molecule has 6 unspecified atom stereocenters. The average Bonchev–Trinajstić information content (AvgIpc) is 2.92. The number of allylic oxidation sites excluding steroid dienone is 4. The van der Waals surface area contributed by atoms with Gasteiger partial charge in [0, 0.05) is 11.8 Å². The number of hydrogen-bond donors (Lipinski definition) is 0. The molecule has 200 valence electrons. The molecular weight excluding hydrogens is 484 g/mol. The van der Waals surface area contributed by atoms with Gasteiger partial charge in [-0.3, -0.25) is 0 Å². The van der Waals surface area contributed by atoms with Crippen molar-refractivity contribution in [3.05, 3.63) is 130 Å². The molecule has 39 heavy (non-hydrogen) atoms. The molecule has 2 aliphatic carbocycles. The van der Waals surface area contributed by atoms with Crippen LogP contribution < -0.4 is 0 Å². The van der Waals surface area contributed by atoms with E-state index in [9.17, 15) is 9.59 Å². The predicted molar refractivity (Wildman–Crippen MR) is 154 cm³/mol. The van der Waals surface area contributed by atoms with Crippen LogP contribution in [0.4, 0.5) is 0 Å². The fraction of sp³-hybridized carbons (Fsp3) is 0.314. The number of rotatable bonds is 5. The molecule has 6 atom stereocenters. The third-order valence-corrected chi connectivity index (χ3v) is 8.68. The van der Waals surface area contributed by atoms with Gasteiger partial charge in [0.15, 0.2) is 0 Å². The first-order chi connectivity index (χ1) is 18.7. The highest BCUT2D eigenvalue weighted by Gasteiger charge is 2.57. The summed E-state index contributed by atoms with van der Waals surface area (Å²) in [6.45, 7) is 10.3. The van der Waals surface area contributed by atoms with Crippen molar-refractivity contribution in [1.29, 1.82) is 0 Å². The van der Waals surface area contributed by atoms with Gasteiger partial charge < -0.3 is 9.47 Å². The van der Waals surface area contributed by atoms with Gasteiger partial charge in [-0.15, -0.1) is 0 Å². The van der Waals surface area contributed by atoms with Crippen molar-refractivity contribution in [1.82, 2.24) is 0 Å². The minimum atomic E-state index is -0.683. The highest BCUT2D eigenvalue weighted by molar-refractivity contribution is 5.90. The summed E-state index contributed by atoms with van der Waals surface area (Å²) in [5, 5.41) is 0. The van der Waals surface area contributed by atoms with Crippen LogP contribution in [0, 0.1) is 38.0 Å². The lowest BCUT2D eigenvalue weighted by molar-refractivity contribution is -0.121. The molecular formula is C35H36O4. The van der Waals surface area contributed by atoms with Gasteiger partial charge in [0.25, 0.3) is 0 Å². The number of ether oxygens (including phenoxy) is 2. The maximum Gasteiger partial charge on any atom is 0.338 e. The SMILES string of the molecule is Cc1cccc(C(=O)OC2C(OC(=O)c3cccc(C)c3)C(C)C3(C)C=CC=CC3C2c2ccccc2C)c1. The maximum atomic E-state index is 13.6. The second-order valence-corrected chi connectivity index (χ2v) is 11.3. The number of fused-ring (bicyclic) bond motifs is 1. The first-order valence-electron chi connectivity index (χ1n) is 13.7. The zero-order chi connectivity index (χ0) is 27.7. The van der Waals surface area contributed by atoms with Crippen LogP contribution in [0.2, 0.25) is 0 Å². The number of hydrogen-bond acceptors (Lipinski definition) is 4. The van der Waals surface area contributed by atoms with Crippen LogP contribution in [0.5, 0.6) is 0 Å². The Hall–Kier alpha value is -3.92. The van der Waals surface area contributed by atoms with Gasteiger partial charge in [0.05, 0.1) is 11.1 Å². The van der Waals surface area contributed by atoms with E-state index in [0.717, 1.165) is 22.3 Å². The Morgan fingerprint density at radius 3 is 1.92 bits per heavy atom. The lowest BCUT2D eigenvalue weighted by atomic mass is 9.53. The van der Waals surface area contributed by atoms with E-state index in [2.05, 4.69) is 57.2 Å². The van der Waals surface area contributed by atoms with E-state index in [-0.39, 0.29) is 23.2 Å². The molecule has 3 aromatic carbocycles. The molecule has 1 saturated carbocycles. The third-order valence-electron chi connectivity index (χ3n) is 8.68. The molecule has 0 saturated heterocycles. The monoisotopic (exact) mass is 520 g/mol. The summed E-state index contributed by atoms with van der Waals surface area (Å²) >= 11 is 0. The lowest BCUT2D eigenvalue weighted by Crippen LogP contribution is -2.57. The average molecular weight is 521 g/mol. The van der Waals surface area contributed by atoms with Crippen molar-refractivity contribution < 1.29 is 19.1 Å². The quantitative estimate of drug-likeness (QED) is 0.326. The van der Waals surface area contributed by atoms with Crippen molar-refractivity contribution in [2.75, 3.05) is 0 Å². The molecule has 0 bridgehead atoms. The molecule has 4 nitrogen and oxygen atoms in total. The van der Waals surface area contributed by atoms with Gasteiger partial charge in [0.1, 0.15) is 12.2 Å². The standard InChI is InChI=1S/C35H36O4/c1-22-12-10-15-26(20-22)33(36)38-31-25(4)35(5)19-9-8-18-29(35)30(28-17-7-6-14-24(28)3)32(31)39-34(37)27-16-11-13-23(2)21-27/h6-21,25,29-32H,1-5H3. The molecule has 1 fully saturated rings. The highest BCUT2D eigenvalue weighted by atomic mass is 16.6. The molecule has 0 heterocycles. The second-order valence-electron chi connectivity index (χ2n) is 11.3. The Kier molecular flexibility index (Phi) is 7.31. The highest BCUT2D eigenvalue weighted by Crippen LogP contribution is 2.56. The third kappa shape index (κ3) is 5.08. The lowest BCUT2D eigenvalue weighted by Gasteiger charge is -2.54. The topological polar surface area (TPSA) is 52.6 Å².